The molecule has 0 spiro atoms. The first-order valence-electron chi connectivity index (χ1n) is 5.66. The molecule has 0 radical (unpaired) electrons. The summed E-state index contributed by atoms with van der Waals surface area (Å²) in [6.07, 6.45) is 8.44. The average Bonchev–Trinajstić information content (AvgIpc) is 2.13. The molecule has 2 aliphatic rings. The number of rotatable bonds is 0. The van der Waals surface area contributed by atoms with E-state index in [9.17, 15) is 4.79 Å². The van der Waals surface area contributed by atoms with Gasteiger partial charge in [-0.05, 0) is 25.7 Å². The van der Waals surface area contributed by atoms with Crippen LogP contribution < -0.4 is 0 Å². The van der Waals surface area contributed by atoms with Crippen LogP contribution in [0, 0.1) is 5.92 Å². The van der Waals surface area contributed by atoms with Crippen molar-refractivity contribution >= 4 is 5.97 Å². The molecule has 2 rings (SSSR count). The number of fused-ring (bicyclic) bond motifs is 1. The largest absolute Gasteiger partial charge is 0.459 e. The first-order chi connectivity index (χ1) is 6.77. The van der Waals surface area contributed by atoms with E-state index in [2.05, 4.69) is 6.58 Å². The van der Waals surface area contributed by atoms with E-state index >= 15 is 0 Å². The minimum absolute atomic E-state index is 0.160. The van der Waals surface area contributed by atoms with Gasteiger partial charge in [-0.15, -0.1) is 0 Å². The molecule has 2 fully saturated rings. The van der Waals surface area contributed by atoms with E-state index in [0.717, 1.165) is 12.8 Å². The summed E-state index contributed by atoms with van der Waals surface area (Å²) < 4.78 is 5.40. The quantitative estimate of drug-likeness (QED) is 0.438. The lowest BCUT2D eigenvalue weighted by Gasteiger charge is -2.33. The molecule has 0 bridgehead atoms. The second-order valence-electron chi connectivity index (χ2n) is 4.50. The Hall–Kier alpha value is -0.790. The van der Waals surface area contributed by atoms with Crippen LogP contribution in [0.4, 0.5) is 0 Å². The Balaban J connectivity index is 2.02. The molecule has 1 heterocycles. The van der Waals surface area contributed by atoms with Crippen LogP contribution in [0.15, 0.2) is 12.2 Å². The Morgan fingerprint density at radius 3 is 2.64 bits per heavy atom. The summed E-state index contributed by atoms with van der Waals surface area (Å²) in [6, 6.07) is 0. The van der Waals surface area contributed by atoms with Crippen LogP contribution >= 0.6 is 0 Å². The summed E-state index contributed by atoms with van der Waals surface area (Å²) in [4.78, 5) is 11.3. The van der Waals surface area contributed by atoms with Gasteiger partial charge in [-0.25, -0.2) is 4.79 Å². The lowest BCUT2D eigenvalue weighted by Crippen LogP contribution is -2.34. The highest BCUT2D eigenvalue weighted by molar-refractivity contribution is 5.88. The Kier molecular flexibility index (Phi) is 2.90. The number of carbonyl (C=O) groups is 1. The zero-order valence-corrected chi connectivity index (χ0v) is 8.63. The Morgan fingerprint density at radius 2 is 1.86 bits per heavy atom. The van der Waals surface area contributed by atoms with E-state index < -0.39 is 0 Å². The highest BCUT2D eigenvalue weighted by Gasteiger charge is 2.32. The van der Waals surface area contributed by atoms with E-state index in [1.54, 1.807) is 0 Å². The van der Waals surface area contributed by atoms with Gasteiger partial charge in [-0.2, -0.15) is 0 Å². The van der Waals surface area contributed by atoms with Crippen molar-refractivity contribution in [1.82, 2.24) is 0 Å². The normalized spacial score (nSPS) is 34.0. The molecule has 0 unspecified atom stereocenters. The predicted octanol–water partition coefficient (Wildman–Crippen LogP) is 2.83. The van der Waals surface area contributed by atoms with Gasteiger partial charge < -0.3 is 4.74 Å². The van der Waals surface area contributed by atoms with Crippen LogP contribution in [-0.4, -0.2) is 12.1 Å². The van der Waals surface area contributed by atoms with Gasteiger partial charge in [-0.1, -0.05) is 25.8 Å². The van der Waals surface area contributed by atoms with Crippen molar-refractivity contribution in [3.8, 4) is 0 Å². The SMILES string of the molecule is C=C1C[C@H]2CCCCCC[C@H]2OC1=O. The molecule has 14 heavy (non-hydrogen) atoms. The molecule has 0 N–H and O–H groups in total. The van der Waals surface area contributed by atoms with Gasteiger partial charge in [0.15, 0.2) is 0 Å². The maximum Gasteiger partial charge on any atom is 0.333 e. The average molecular weight is 194 g/mol. The van der Waals surface area contributed by atoms with E-state index in [1.807, 2.05) is 0 Å². The van der Waals surface area contributed by atoms with Crippen molar-refractivity contribution in [3.63, 3.8) is 0 Å². The fourth-order valence-corrected chi connectivity index (χ4v) is 2.54. The Morgan fingerprint density at radius 1 is 1.14 bits per heavy atom. The molecule has 0 amide bonds. The topological polar surface area (TPSA) is 26.3 Å². The number of esters is 1. The van der Waals surface area contributed by atoms with Crippen LogP contribution in [-0.2, 0) is 9.53 Å². The predicted molar refractivity (Wildman–Crippen MR) is 54.8 cm³/mol. The Labute approximate surface area is 85.3 Å². The molecule has 0 aromatic heterocycles. The molecule has 1 aliphatic heterocycles. The third-order valence-electron chi connectivity index (χ3n) is 3.40. The van der Waals surface area contributed by atoms with Gasteiger partial charge in [0.2, 0.25) is 0 Å². The van der Waals surface area contributed by atoms with Gasteiger partial charge in [0.25, 0.3) is 0 Å². The van der Waals surface area contributed by atoms with Crippen LogP contribution in [0.25, 0.3) is 0 Å². The zero-order chi connectivity index (χ0) is 9.97. The second kappa shape index (κ2) is 4.16. The smallest absolute Gasteiger partial charge is 0.333 e. The van der Waals surface area contributed by atoms with Gasteiger partial charge in [-0.3, -0.25) is 0 Å². The van der Waals surface area contributed by atoms with Gasteiger partial charge >= 0.3 is 5.97 Å². The first kappa shape index (κ1) is 9.75. The van der Waals surface area contributed by atoms with Crippen molar-refractivity contribution in [1.29, 1.82) is 0 Å². The van der Waals surface area contributed by atoms with Crippen molar-refractivity contribution in [2.45, 2.75) is 51.0 Å². The van der Waals surface area contributed by atoms with Crippen LogP contribution in [0.2, 0.25) is 0 Å². The van der Waals surface area contributed by atoms with Gasteiger partial charge in [0.1, 0.15) is 6.10 Å². The van der Waals surface area contributed by atoms with Crippen LogP contribution in [0.5, 0.6) is 0 Å². The van der Waals surface area contributed by atoms with Gasteiger partial charge in [0, 0.05) is 11.5 Å². The van der Waals surface area contributed by atoms with E-state index in [0.29, 0.717) is 11.5 Å². The number of ether oxygens (including phenoxy) is 1. The molecule has 1 saturated heterocycles. The van der Waals surface area contributed by atoms with Crippen molar-refractivity contribution in [3.05, 3.63) is 12.2 Å². The third-order valence-corrected chi connectivity index (χ3v) is 3.40. The number of hydrogen-bond donors (Lipinski definition) is 0. The summed E-state index contributed by atoms with van der Waals surface area (Å²) in [5.74, 6) is 0.396. The highest BCUT2D eigenvalue weighted by Crippen LogP contribution is 2.33. The number of hydrogen-bond acceptors (Lipinski definition) is 2. The van der Waals surface area contributed by atoms with E-state index in [4.69, 9.17) is 4.74 Å². The van der Waals surface area contributed by atoms with Crippen molar-refractivity contribution < 1.29 is 9.53 Å². The molecule has 0 aromatic carbocycles. The lowest BCUT2D eigenvalue weighted by atomic mass is 9.83. The van der Waals surface area contributed by atoms with E-state index in [1.165, 1.54) is 32.1 Å². The first-order valence-corrected chi connectivity index (χ1v) is 5.66. The van der Waals surface area contributed by atoms with Crippen LogP contribution in [0.1, 0.15) is 44.9 Å². The molecule has 1 aliphatic carbocycles. The monoisotopic (exact) mass is 194 g/mol. The van der Waals surface area contributed by atoms with Crippen molar-refractivity contribution in [2.75, 3.05) is 0 Å². The fraction of sp³-hybridized carbons (Fsp3) is 0.750. The molecule has 0 aromatic rings. The highest BCUT2D eigenvalue weighted by atomic mass is 16.5. The molecule has 2 atom stereocenters. The second-order valence-corrected chi connectivity index (χ2v) is 4.50. The van der Waals surface area contributed by atoms with E-state index in [-0.39, 0.29) is 12.1 Å². The summed E-state index contributed by atoms with van der Waals surface area (Å²) in [5.41, 5.74) is 0.673. The summed E-state index contributed by atoms with van der Waals surface area (Å²) in [7, 11) is 0. The van der Waals surface area contributed by atoms with Gasteiger partial charge in [0.05, 0.1) is 0 Å². The standard InChI is InChI=1S/C12H18O2/c1-9-8-10-6-4-2-3-5-7-11(10)14-12(9)13/h10-11H,1-8H2/t10-,11-/m1/s1. The number of carbonyl (C=O) groups excluding carboxylic acids is 1. The maximum atomic E-state index is 11.3. The molecule has 2 heteroatoms. The fourth-order valence-electron chi connectivity index (χ4n) is 2.54. The molecular weight excluding hydrogens is 176 g/mol. The molecule has 1 saturated carbocycles. The van der Waals surface area contributed by atoms with Crippen molar-refractivity contribution in [2.24, 2.45) is 5.92 Å². The van der Waals surface area contributed by atoms with Crippen LogP contribution in [0.3, 0.4) is 0 Å². The summed E-state index contributed by atoms with van der Waals surface area (Å²) in [5, 5.41) is 0. The Bertz CT molecular complexity index is 219. The summed E-state index contributed by atoms with van der Waals surface area (Å²) in [6.45, 7) is 3.77. The minimum atomic E-state index is -0.160. The molecular formula is C12H18O2. The minimum Gasteiger partial charge on any atom is -0.459 e. The maximum absolute atomic E-state index is 11.3. The third kappa shape index (κ3) is 1.99. The summed E-state index contributed by atoms with van der Waals surface area (Å²) >= 11 is 0. The zero-order valence-electron chi connectivity index (χ0n) is 8.63. The molecule has 78 valence electrons. The molecule has 2 nitrogen and oxygen atoms in total. The lowest BCUT2D eigenvalue weighted by molar-refractivity contribution is -0.152.